The lowest BCUT2D eigenvalue weighted by Crippen LogP contribution is -2.45. The third-order valence-corrected chi connectivity index (χ3v) is 4.12. The van der Waals surface area contributed by atoms with Crippen molar-refractivity contribution in [3.8, 4) is 0 Å². The van der Waals surface area contributed by atoms with E-state index in [1.807, 2.05) is 6.07 Å². The van der Waals surface area contributed by atoms with Crippen molar-refractivity contribution in [2.45, 2.75) is 39.0 Å². The van der Waals surface area contributed by atoms with Gasteiger partial charge in [-0.1, -0.05) is 26.8 Å². The minimum absolute atomic E-state index is 0.104. The summed E-state index contributed by atoms with van der Waals surface area (Å²) in [4.78, 5) is 25.3. The second kappa shape index (κ2) is 7.82. The predicted molar refractivity (Wildman–Crippen MR) is 94.9 cm³/mol. The SMILES string of the molecule is C=CCOCCC(=O)N1CCCN1C(=O)c1cc(C(C)(C)C)nn1C. The van der Waals surface area contributed by atoms with Crippen molar-refractivity contribution < 1.29 is 14.3 Å². The van der Waals surface area contributed by atoms with Gasteiger partial charge in [-0.15, -0.1) is 6.58 Å². The number of amides is 2. The lowest BCUT2D eigenvalue weighted by molar-refractivity contribution is -0.141. The number of nitrogens with zero attached hydrogens (tertiary/aromatic N) is 4. The highest BCUT2D eigenvalue weighted by atomic mass is 16.5. The Bertz CT molecular complexity index is 645. The standard InChI is InChI=1S/C18H28N4O3/c1-6-11-25-12-8-16(23)21-9-7-10-22(21)17(24)14-13-15(18(2,3)4)19-20(14)5/h6,13H,1,7-12H2,2-5H3. The molecule has 0 radical (unpaired) electrons. The van der Waals surface area contributed by atoms with E-state index in [0.717, 1.165) is 12.1 Å². The van der Waals surface area contributed by atoms with Crippen LogP contribution in [0.3, 0.4) is 0 Å². The predicted octanol–water partition coefficient (Wildman–Crippen LogP) is 1.90. The van der Waals surface area contributed by atoms with Crippen LogP contribution in [-0.2, 0) is 22.0 Å². The Morgan fingerprint density at radius 3 is 2.60 bits per heavy atom. The lowest BCUT2D eigenvalue weighted by Gasteiger charge is -2.27. The number of carbonyl (C=O) groups is 2. The highest BCUT2D eigenvalue weighted by molar-refractivity contribution is 5.94. The summed E-state index contributed by atoms with van der Waals surface area (Å²) in [5.41, 5.74) is 1.21. The van der Waals surface area contributed by atoms with Crippen LogP contribution in [0.25, 0.3) is 0 Å². The van der Waals surface area contributed by atoms with Crippen LogP contribution < -0.4 is 0 Å². The molecule has 1 aromatic rings. The number of rotatable bonds is 6. The zero-order valence-corrected chi connectivity index (χ0v) is 15.6. The van der Waals surface area contributed by atoms with Crippen LogP contribution in [0.2, 0.25) is 0 Å². The molecule has 138 valence electrons. The van der Waals surface area contributed by atoms with Gasteiger partial charge in [-0.3, -0.25) is 19.3 Å². The summed E-state index contributed by atoms with van der Waals surface area (Å²) in [5.74, 6) is -0.295. The topological polar surface area (TPSA) is 67.7 Å². The Morgan fingerprint density at radius 2 is 2.00 bits per heavy atom. The fraction of sp³-hybridized carbons (Fsp3) is 0.611. The summed E-state index contributed by atoms with van der Waals surface area (Å²) < 4.78 is 6.86. The normalized spacial score (nSPS) is 14.9. The lowest BCUT2D eigenvalue weighted by atomic mass is 9.92. The molecule has 0 unspecified atom stereocenters. The van der Waals surface area contributed by atoms with Crippen molar-refractivity contribution in [2.75, 3.05) is 26.3 Å². The van der Waals surface area contributed by atoms with Gasteiger partial charge in [0.2, 0.25) is 5.91 Å². The molecule has 7 heteroatoms. The van der Waals surface area contributed by atoms with Gasteiger partial charge in [0.15, 0.2) is 0 Å². The molecule has 0 saturated carbocycles. The molecular weight excluding hydrogens is 320 g/mol. The summed E-state index contributed by atoms with van der Waals surface area (Å²) in [6, 6.07) is 1.82. The van der Waals surface area contributed by atoms with Crippen LogP contribution >= 0.6 is 0 Å². The average Bonchev–Trinajstić information content (AvgIpc) is 3.17. The largest absolute Gasteiger partial charge is 0.377 e. The number of hydrogen-bond donors (Lipinski definition) is 0. The van der Waals surface area contributed by atoms with E-state index in [1.165, 1.54) is 10.0 Å². The Morgan fingerprint density at radius 1 is 1.32 bits per heavy atom. The van der Waals surface area contributed by atoms with Crippen LogP contribution in [0.15, 0.2) is 18.7 Å². The van der Waals surface area contributed by atoms with Crippen LogP contribution in [-0.4, -0.2) is 57.9 Å². The molecule has 1 aliphatic heterocycles. The fourth-order valence-corrected chi connectivity index (χ4v) is 2.70. The Labute approximate surface area is 149 Å². The maximum Gasteiger partial charge on any atom is 0.290 e. The van der Waals surface area contributed by atoms with Gasteiger partial charge in [0, 0.05) is 25.6 Å². The molecule has 7 nitrogen and oxygen atoms in total. The third kappa shape index (κ3) is 4.48. The van der Waals surface area contributed by atoms with Crippen LogP contribution in [0.1, 0.15) is 49.8 Å². The number of aromatic nitrogens is 2. The van der Waals surface area contributed by atoms with E-state index in [9.17, 15) is 9.59 Å². The van der Waals surface area contributed by atoms with Crippen molar-refractivity contribution in [3.63, 3.8) is 0 Å². The van der Waals surface area contributed by atoms with E-state index in [1.54, 1.807) is 17.8 Å². The van der Waals surface area contributed by atoms with Crippen molar-refractivity contribution in [1.82, 2.24) is 19.8 Å². The van der Waals surface area contributed by atoms with E-state index in [2.05, 4.69) is 32.4 Å². The zero-order chi connectivity index (χ0) is 18.6. The smallest absolute Gasteiger partial charge is 0.290 e. The van der Waals surface area contributed by atoms with Crippen LogP contribution in [0.5, 0.6) is 0 Å². The van der Waals surface area contributed by atoms with Gasteiger partial charge in [-0.25, -0.2) is 5.01 Å². The molecule has 0 aliphatic carbocycles. The molecule has 2 amide bonds. The maximum atomic E-state index is 12.9. The molecule has 25 heavy (non-hydrogen) atoms. The monoisotopic (exact) mass is 348 g/mol. The van der Waals surface area contributed by atoms with Crippen molar-refractivity contribution in [3.05, 3.63) is 30.1 Å². The van der Waals surface area contributed by atoms with E-state index in [0.29, 0.717) is 32.0 Å². The summed E-state index contributed by atoms with van der Waals surface area (Å²) in [6.07, 6.45) is 2.66. The van der Waals surface area contributed by atoms with Gasteiger partial charge in [0.25, 0.3) is 5.91 Å². The Balaban J connectivity index is 2.09. The molecule has 0 N–H and O–H groups in total. The third-order valence-electron chi connectivity index (χ3n) is 4.12. The molecule has 0 atom stereocenters. The molecule has 2 rings (SSSR count). The Kier molecular flexibility index (Phi) is 6.00. The average molecular weight is 348 g/mol. The quantitative estimate of drug-likeness (QED) is 0.582. The van der Waals surface area contributed by atoms with E-state index >= 15 is 0 Å². The van der Waals surface area contributed by atoms with Gasteiger partial charge in [-0.05, 0) is 12.5 Å². The van der Waals surface area contributed by atoms with Crippen molar-refractivity contribution in [1.29, 1.82) is 0 Å². The van der Waals surface area contributed by atoms with Crippen molar-refractivity contribution in [2.24, 2.45) is 7.05 Å². The minimum atomic E-state index is -0.191. The van der Waals surface area contributed by atoms with Gasteiger partial charge in [0.05, 0.1) is 25.3 Å². The van der Waals surface area contributed by atoms with Crippen LogP contribution in [0, 0.1) is 0 Å². The first-order valence-corrected chi connectivity index (χ1v) is 8.61. The molecule has 1 saturated heterocycles. The number of hydrazine groups is 1. The molecule has 1 aliphatic rings. The highest BCUT2D eigenvalue weighted by Gasteiger charge is 2.33. The molecule has 1 aromatic heterocycles. The molecule has 0 bridgehead atoms. The first kappa shape index (κ1) is 19.2. The molecule has 2 heterocycles. The molecule has 1 fully saturated rings. The number of ether oxygens (including phenoxy) is 1. The number of aryl methyl sites for hydroxylation is 1. The van der Waals surface area contributed by atoms with E-state index in [-0.39, 0.29) is 23.7 Å². The second-order valence-corrected chi connectivity index (χ2v) is 7.20. The first-order chi connectivity index (χ1) is 11.8. The molecular formula is C18H28N4O3. The van der Waals surface area contributed by atoms with Gasteiger partial charge in [-0.2, -0.15) is 5.10 Å². The van der Waals surface area contributed by atoms with E-state index < -0.39 is 0 Å². The first-order valence-electron chi connectivity index (χ1n) is 8.61. The number of hydrogen-bond acceptors (Lipinski definition) is 4. The van der Waals surface area contributed by atoms with Crippen LogP contribution in [0.4, 0.5) is 0 Å². The number of carbonyl (C=O) groups excluding carboxylic acids is 2. The van der Waals surface area contributed by atoms with Gasteiger partial charge in [0.1, 0.15) is 5.69 Å². The van der Waals surface area contributed by atoms with Crippen molar-refractivity contribution >= 4 is 11.8 Å². The molecule has 0 aromatic carbocycles. The molecule has 0 spiro atoms. The second-order valence-electron chi connectivity index (χ2n) is 7.20. The van der Waals surface area contributed by atoms with E-state index in [4.69, 9.17) is 4.74 Å². The Hall–Kier alpha value is -2.15. The zero-order valence-electron chi connectivity index (χ0n) is 15.6. The summed E-state index contributed by atoms with van der Waals surface area (Å²) in [7, 11) is 1.76. The maximum absolute atomic E-state index is 12.9. The van der Waals surface area contributed by atoms with Gasteiger partial charge < -0.3 is 4.74 Å². The summed E-state index contributed by atoms with van der Waals surface area (Å²) in [6.45, 7) is 11.6. The fourth-order valence-electron chi connectivity index (χ4n) is 2.70. The summed E-state index contributed by atoms with van der Waals surface area (Å²) >= 11 is 0. The van der Waals surface area contributed by atoms with Gasteiger partial charge >= 0.3 is 0 Å². The minimum Gasteiger partial charge on any atom is -0.377 e. The highest BCUT2D eigenvalue weighted by Crippen LogP contribution is 2.23. The summed E-state index contributed by atoms with van der Waals surface area (Å²) in [5, 5.41) is 7.51.